The predicted molar refractivity (Wildman–Crippen MR) is 145 cm³/mol. The summed E-state index contributed by atoms with van der Waals surface area (Å²) in [4.78, 5) is 15.6. The molecule has 0 aliphatic carbocycles. The monoisotopic (exact) mass is 474 g/mol. The summed E-state index contributed by atoms with van der Waals surface area (Å²) in [6.45, 7) is 1.41. The summed E-state index contributed by atoms with van der Waals surface area (Å²) in [5.74, 6) is 3.04. The van der Waals surface area contributed by atoms with E-state index in [1.165, 1.54) is 16.5 Å². The summed E-state index contributed by atoms with van der Waals surface area (Å²) < 4.78 is 6.01. The number of hydrogen-bond donors (Lipinski definition) is 4. The molecule has 36 heavy (non-hydrogen) atoms. The maximum Gasteiger partial charge on any atom is 0.224 e. The first-order valence-electron chi connectivity index (χ1n) is 12.0. The van der Waals surface area contributed by atoms with Gasteiger partial charge in [0, 0.05) is 48.1 Å². The number of hydrogen-bond acceptors (Lipinski definition) is 5. The van der Waals surface area contributed by atoms with Crippen molar-refractivity contribution in [1.29, 1.82) is 0 Å². The van der Waals surface area contributed by atoms with Crippen molar-refractivity contribution in [2.75, 3.05) is 17.2 Å². The van der Waals surface area contributed by atoms with Crippen molar-refractivity contribution >= 4 is 33.6 Å². The average Bonchev–Trinajstić information content (AvgIpc) is 3.55. The Morgan fingerprint density at radius 1 is 0.806 bits per heavy atom. The molecule has 7 nitrogen and oxygen atoms in total. The van der Waals surface area contributed by atoms with Gasteiger partial charge in [0.1, 0.15) is 17.3 Å². The molecule has 0 aliphatic rings. The minimum atomic E-state index is 0.606. The molecule has 4 N–H and O–H groups in total. The van der Waals surface area contributed by atoms with Gasteiger partial charge in [-0.05, 0) is 77.5 Å². The van der Waals surface area contributed by atoms with E-state index in [0.717, 1.165) is 40.2 Å². The Kier molecular flexibility index (Phi) is 5.94. The van der Waals surface area contributed by atoms with Crippen LogP contribution in [0.5, 0.6) is 11.5 Å². The fourth-order valence-corrected chi connectivity index (χ4v) is 4.31. The molecule has 0 bridgehead atoms. The second-order valence-electron chi connectivity index (χ2n) is 8.63. The van der Waals surface area contributed by atoms with Crippen molar-refractivity contribution in [2.45, 2.75) is 13.0 Å². The van der Waals surface area contributed by atoms with Crippen molar-refractivity contribution in [1.82, 2.24) is 19.9 Å². The van der Waals surface area contributed by atoms with Crippen LogP contribution in [0.3, 0.4) is 0 Å². The number of nitrogens with one attached hydrogen (secondary N) is 4. The van der Waals surface area contributed by atoms with Crippen LogP contribution in [-0.2, 0) is 13.0 Å². The highest BCUT2D eigenvalue weighted by Crippen LogP contribution is 2.27. The molecule has 0 radical (unpaired) electrons. The quantitative estimate of drug-likeness (QED) is 0.192. The minimum absolute atomic E-state index is 0.606. The van der Waals surface area contributed by atoms with Gasteiger partial charge in [-0.25, -0.2) is 4.98 Å². The van der Waals surface area contributed by atoms with Crippen LogP contribution in [0.25, 0.3) is 21.8 Å². The molecule has 6 aromatic rings. The zero-order valence-electron chi connectivity index (χ0n) is 19.7. The van der Waals surface area contributed by atoms with E-state index in [1.807, 2.05) is 48.7 Å². The Labute approximate surface area is 208 Å². The molecule has 0 unspecified atom stereocenters. The van der Waals surface area contributed by atoms with Crippen LogP contribution in [0, 0.1) is 0 Å². The number of para-hydroxylation sites is 1. The van der Waals surface area contributed by atoms with Gasteiger partial charge in [0.15, 0.2) is 0 Å². The lowest BCUT2D eigenvalue weighted by Gasteiger charge is -2.09. The molecule has 3 aromatic heterocycles. The Morgan fingerprint density at radius 2 is 1.72 bits per heavy atom. The first kappa shape index (κ1) is 21.7. The summed E-state index contributed by atoms with van der Waals surface area (Å²) in [7, 11) is 0. The van der Waals surface area contributed by atoms with E-state index in [-0.39, 0.29) is 0 Å². The Hall–Kier alpha value is -4.78. The van der Waals surface area contributed by atoms with Gasteiger partial charge in [0.25, 0.3) is 0 Å². The summed E-state index contributed by atoms with van der Waals surface area (Å²) in [6.07, 6.45) is 6.61. The smallest absolute Gasteiger partial charge is 0.224 e. The fraction of sp³-hybridized carbons (Fsp3) is 0.103. The normalized spacial score (nSPS) is 11.1. The number of fused-ring (bicyclic) bond motifs is 2. The van der Waals surface area contributed by atoms with Crippen molar-refractivity contribution in [3.05, 3.63) is 109 Å². The van der Waals surface area contributed by atoms with Gasteiger partial charge in [-0.3, -0.25) is 0 Å². The van der Waals surface area contributed by atoms with Crippen LogP contribution in [0.1, 0.15) is 11.1 Å². The largest absolute Gasteiger partial charge is 0.457 e. The van der Waals surface area contributed by atoms with Crippen LogP contribution in [0.2, 0.25) is 0 Å². The number of aromatic amines is 2. The molecule has 3 heterocycles. The first-order chi connectivity index (χ1) is 17.8. The second-order valence-corrected chi connectivity index (χ2v) is 8.63. The van der Waals surface area contributed by atoms with Crippen molar-refractivity contribution in [3.8, 4) is 11.5 Å². The van der Waals surface area contributed by atoms with E-state index >= 15 is 0 Å². The molecular weight excluding hydrogens is 448 g/mol. The van der Waals surface area contributed by atoms with E-state index in [1.54, 1.807) is 6.20 Å². The van der Waals surface area contributed by atoms with Crippen LogP contribution in [-0.4, -0.2) is 26.5 Å². The van der Waals surface area contributed by atoms with Crippen molar-refractivity contribution in [2.24, 2.45) is 0 Å². The van der Waals surface area contributed by atoms with Gasteiger partial charge in [0.05, 0.1) is 0 Å². The molecular formula is C29H26N6O. The number of benzene rings is 3. The highest BCUT2D eigenvalue weighted by Gasteiger charge is 2.07. The SMILES string of the molecule is c1ccc(Oc2ccc3[nH]cc(CCNc4nccc(NCc5ccc6[nH]ccc6c5)n4)c3c2)cc1. The molecule has 0 saturated heterocycles. The number of H-pyrrole nitrogens is 2. The number of nitrogens with zero attached hydrogens (tertiary/aromatic N) is 2. The van der Waals surface area contributed by atoms with E-state index < -0.39 is 0 Å². The lowest BCUT2D eigenvalue weighted by atomic mass is 10.1. The minimum Gasteiger partial charge on any atom is -0.457 e. The molecule has 3 aromatic carbocycles. The molecule has 0 fully saturated rings. The molecule has 0 saturated carbocycles. The molecule has 0 atom stereocenters. The summed E-state index contributed by atoms with van der Waals surface area (Å²) in [5.41, 5.74) is 4.64. The average molecular weight is 475 g/mol. The van der Waals surface area contributed by atoms with Crippen molar-refractivity contribution in [3.63, 3.8) is 0 Å². The van der Waals surface area contributed by atoms with Crippen LogP contribution >= 0.6 is 0 Å². The van der Waals surface area contributed by atoms with Gasteiger partial charge in [0.2, 0.25) is 5.95 Å². The second kappa shape index (κ2) is 9.84. The highest BCUT2D eigenvalue weighted by atomic mass is 16.5. The maximum atomic E-state index is 6.01. The molecule has 0 aliphatic heterocycles. The molecule has 7 heteroatoms. The molecule has 0 spiro atoms. The van der Waals surface area contributed by atoms with Gasteiger partial charge in [-0.15, -0.1) is 0 Å². The van der Waals surface area contributed by atoms with Crippen molar-refractivity contribution < 1.29 is 4.74 Å². The van der Waals surface area contributed by atoms with Gasteiger partial charge in [-0.1, -0.05) is 24.3 Å². The summed E-state index contributed by atoms with van der Waals surface area (Å²) >= 11 is 0. The zero-order chi connectivity index (χ0) is 24.2. The third kappa shape index (κ3) is 4.86. The predicted octanol–water partition coefficient (Wildman–Crippen LogP) is 6.50. The van der Waals surface area contributed by atoms with Crippen LogP contribution in [0.15, 0.2) is 97.5 Å². The number of aromatic nitrogens is 4. The fourth-order valence-electron chi connectivity index (χ4n) is 4.31. The third-order valence-electron chi connectivity index (χ3n) is 6.14. The van der Waals surface area contributed by atoms with E-state index in [0.29, 0.717) is 19.0 Å². The van der Waals surface area contributed by atoms with Crippen LogP contribution in [0.4, 0.5) is 11.8 Å². The Morgan fingerprint density at radius 3 is 2.67 bits per heavy atom. The standard InChI is InChI=1S/C29H26N6O/c1-2-4-23(5-3-1)36-24-7-9-27-25(17-24)22(19-33-27)11-14-31-29-32-15-12-28(35-29)34-18-20-6-8-26-21(16-20)10-13-30-26/h1-10,12-13,15-17,19,30,33H,11,14,18H2,(H2,31,32,34,35). The van der Waals surface area contributed by atoms with E-state index in [2.05, 4.69) is 73.2 Å². The lowest BCUT2D eigenvalue weighted by Crippen LogP contribution is -2.09. The summed E-state index contributed by atoms with van der Waals surface area (Å²) in [5, 5.41) is 9.10. The van der Waals surface area contributed by atoms with E-state index in [4.69, 9.17) is 4.74 Å². The third-order valence-corrected chi connectivity index (χ3v) is 6.14. The number of rotatable bonds is 9. The maximum absolute atomic E-state index is 6.01. The van der Waals surface area contributed by atoms with Crippen LogP contribution < -0.4 is 15.4 Å². The highest BCUT2D eigenvalue weighted by molar-refractivity contribution is 5.84. The van der Waals surface area contributed by atoms with Gasteiger partial charge in [-0.2, -0.15) is 4.98 Å². The van der Waals surface area contributed by atoms with Gasteiger partial charge >= 0.3 is 0 Å². The molecule has 0 amide bonds. The molecule has 6 rings (SSSR count). The lowest BCUT2D eigenvalue weighted by molar-refractivity contribution is 0.483. The summed E-state index contributed by atoms with van der Waals surface area (Å²) in [6, 6.07) is 26.3. The first-order valence-corrected chi connectivity index (χ1v) is 12.0. The number of anilines is 2. The Balaban J connectivity index is 1.07. The zero-order valence-corrected chi connectivity index (χ0v) is 19.7. The Bertz CT molecular complexity index is 1600. The number of ether oxygens (including phenoxy) is 1. The molecule has 178 valence electrons. The van der Waals surface area contributed by atoms with Gasteiger partial charge < -0.3 is 25.3 Å². The topological polar surface area (TPSA) is 90.6 Å². The van der Waals surface area contributed by atoms with E-state index in [9.17, 15) is 0 Å².